The first-order valence-electron chi connectivity index (χ1n) is 6.53. The monoisotopic (exact) mass is 334 g/mol. The Morgan fingerprint density at radius 3 is 2.95 bits per heavy atom. The van der Waals surface area contributed by atoms with Crippen LogP contribution in [0.2, 0.25) is 5.02 Å². The van der Waals surface area contributed by atoms with Gasteiger partial charge in [0.2, 0.25) is 5.91 Å². The van der Waals surface area contributed by atoms with Crippen LogP contribution in [0.25, 0.3) is 0 Å². The normalized spacial score (nSPS) is 17.9. The van der Waals surface area contributed by atoms with Gasteiger partial charge in [0.05, 0.1) is 10.8 Å². The Balaban J connectivity index is 0.00000200. The van der Waals surface area contributed by atoms with Crippen molar-refractivity contribution in [3.63, 3.8) is 0 Å². The van der Waals surface area contributed by atoms with Gasteiger partial charge < -0.3 is 10.2 Å². The van der Waals surface area contributed by atoms with Crippen molar-refractivity contribution in [3.8, 4) is 0 Å². The number of carbonyl (C=O) groups is 1. The van der Waals surface area contributed by atoms with E-state index < -0.39 is 0 Å². The van der Waals surface area contributed by atoms with Gasteiger partial charge in [0.15, 0.2) is 0 Å². The number of amides is 1. The maximum absolute atomic E-state index is 12.2. The van der Waals surface area contributed by atoms with Crippen molar-refractivity contribution in [1.29, 1.82) is 0 Å². The van der Waals surface area contributed by atoms with Crippen LogP contribution in [-0.2, 0) is 4.79 Å². The molecule has 1 atom stereocenters. The van der Waals surface area contributed by atoms with Crippen molar-refractivity contribution in [2.75, 3.05) is 25.9 Å². The molecule has 0 aromatic heterocycles. The number of likely N-dealkylation sites (N-methyl/N-ethyl adjacent to an activating group) is 1. The molecule has 112 valence electrons. The SMILES string of the molecule is CNCC1CCCN1C(=O)CSc1ccccc1Cl.Cl. The Hall–Kier alpha value is -0.420. The van der Waals surface area contributed by atoms with Crippen LogP contribution >= 0.6 is 35.8 Å². The van der Waals surface area contributed by atoms with Gasteiger partial charge >= 0.3 is 0 Å². The van der Waals surface area contributed by atoms with Gasteiger partial charge in [0, 0.05) is 24.0 Å². The molecule has 1 fully saturated rings. The van der Waals surface area contributed by atoms with Crippen LogP contribution in [0, 0.1) is 0 Å². The van der Waals surface area contributed by atoms with Crippen LogP contribution in [-0.4, -0.2) is 42.7 Å². The minimum atomic E-state index is 0. The van der Waals surface area contributed by atoms with Crippen molar-refractivity contribution in [2.24, 2.45) is 0 Å². The number of halogens is 2. The Morgan fingerprint density at radius 2 is 2.25 bits per heavy atom. The van der Waals surface area contributed by atoms with Crippen LogP contribution in [0.15, 0.2) is 29.2 Å². The second kappa shape index (κ2) is 8.78. The first-order valence-corrected chi connectivity index (χ1v) is 7.90. The van der Waals surface area contributed by atoms with E-state index in [-0.39, 0.29) is 18.3 Å². The Bertz CT molecular complexity index is 445. The predicted molar refractivity (Wildman–Crippen MR) is 88.1 cm³/mol. The van der Waals surface area contributed by atoms with Crippen LogP contribution in [0.4, 0.5) is 0 Å². The average molecular weight is 335 g/mol. The van der Waals surface area contributed by atoms with Gasteiger partial charge in [-0.2, -0.15) is 0 Å². The summed E-state index contributed by atoms with van der Waals surface area (Å²) in [6, 6.07) is 8.00. The predicted octanol–water partition coefficient (Wildman–Crippen LogP) is 3.06. The molecule has 2 rings (SSSR count). The fourth-order valence-electron chi connectivity index (χ4n) is 2.40. The molecule has 1 aromatic rings. The largest absolute Gasteiger partial charge is 0.338 e. The molecule has 0 saturated carbocycles. The van der Waals surface area contributed by atoms with Crippen LogP contribution < -0.4 is 5.32 Å². The lowest BCUT2D eigenvalue weighted by Crippen LogP contribution is -2.41. The molecule has 0 bridgehead atoms. The number of carbonyl (C=O) groups excluding carboxylic acids is 1. The maximum atomic E-state index is 12.2. The number of nitrogens with zero attached hydrogens (tertiary/aromatic N) is 1. The summed E-state index contributed by atoms with van der Waals surface area (Å²) in [6.45, 7) is 1.76. The highest BCUT2D eigenvalue weighted by Gasteiger charge is 2.27. The maximum Gasteiger partial charge on any atom is 0.233 e. The third kappa shape index (κ3) is 4.55. The average Bonchev–Trinajstić information content (AvgIpc) is 2.86. The van der Waals surface area contributed by atoms with E-state index in [9.17, 15) is 4.79 Å². The minimum Gasteiger partial charge on any atom is -0.338 e. The Morgan fingerprint density at radius 1 is 1.50 bits per heavy atom. The Labute approximate surface area is 135 Å². The lowest BCUT2D eigenvalue weighted by atomic mass is 10.2. The first kappa shape index (κ1) is 17.6. The summed E-state index contributed by atoms with van der Waals surface area (Å²) in [4.78, 5) is 15.2. The van der Waals surface area contributed by atoms with E-state index in [1.807, 2.05) is 36.2 Å². The number of rotatable bonds is 5. The van der Waals surface area contributed by atoms with Crippen molar-refractivity contribution in [2.45, 2.75) is 23.8 Å². The topological polar surface area (TPSA) is 32.3 Å². The second-order valence-electron chi connectivity index (χ2n) is 4.66. The fourth-order valence-corrected chi connectivity index (χ4v) is 3.52. The summed E-state index contributed by atoms with van der Waals surface area (Å²) in [5.41, 5.74) is 0. The highest BCUT2D eigenvalue weighted by atomic mass is 35.5. The van der Waals surface area contributed by atoms with Gasteiger partial charge in [0.25, 0.3) is 0 Å². The van der Waals surface area contributed by atoms with Crippen molar-refractivity contribution < 1.29 is 4.79 Å². The summed E-state index contributed by atoms with van der Waals surface area (Å²) < 4.78 is 0. The molecule has 0 radical (unpaired) electrons. The molecular formula is C14H20Cl2N2OS. The van der Waals surface area contributed by atoms with Crippen LogP contribution in [0.1, 0.15) is 12.8 Å². The standard InChI is InChI=1S/C14H19ClN2OS.ClH/c1-16-9-11-5-4-8-17(11)14(18)10-19-13-7-3-2-6-12(13)15;/h2-3,6-7,11,16H,4-5,8-10H2,1H3;1H. The molecule has 0 spiro atoms. The molecule has 1 heterocycles. The van der Waals surface area contributed by atoms with Crippen molar-refractivity contribution in [1.82, 2.24) is 10.2 Å². The smallest absolute Gasteiger partial charge is 0.233 e. The number of benzene rings is 1. The van der Waals surface area contributed by atoms with Gasteiger partial charge in [-0.3, -0.25) is 4.79 Å². The number of hydrogen-bond acceptors (Lipinski definition) is 3. The molecule has 1 N–H and O–H groups in total. The van der Waals surface area contributed by atoms with E-state index in [1.54, 1.807) is 0 Å². The number of nitrogens with one attached hydrogen (secondary N) is 1. The third-order valence-corrected chi connectivity index (χ3v) is 4.82. The van der Waals surface area contributed by atoms with Gasteiger partial charge in [0.1, 0.15) is 0 Å². The molecular weight excluding hydrogens is 315 g/mol. The van der Waals surface area contributed by atoms with Crippen LogP contribution in [0.5, 0.6) is 0 Å². The molecule has 20 heavy (non-hydrogen) atoms. The lowest BCUT2D eigenvalue weighted by Gasteiger charge is -2.24. The zero-order valence-corrected chi connectivity index (χ0v) is 13.9. The summed E-state index contributed by atoms with van der Waals surface area (Å²) in [5, 5.41) is 3.87. The zero-order chi connectivity index (χ0) is 13.7. The molecule has 1 saturated heterocycles. The Kier molecular flexibility index (Phi) is 7.74. The molecule has 1 aliphatic heterocycles. The molecule has 1 aromatic carbocycles. The summed E-state index contributed by atoms with van der Waals surface area (Å²) in [7, 11) is 1.93. The number of thioether (sulfide) groups is 1. The zero-order valence-electron chi connectivity index (χ0n) is 11.5. The van der Waals surface area contributed by atoms with Crippen molar-refractivity contribution in [3.05, 3.63) is 29.3 Å². The van der Waals surface area contributed by atoms with Gasteiger partial charge in [-0.1, -0.05) is 23.7 Å². The molecule has 1 amide bonds. The second-order valence-corrected chi connectivity index (χ2v) is 6.08. The minimum absolute atomic E-state index is 0. The fraction of sp³-hybridized carbons (Fsp3) is 0.500. The first-order chi connectivity index (χ1) is 9.22. The van der Waals surface area contributed by atoms with E-state index in [0.29, 0.717) is 16.8 Å². The molecule has 3 nitrogen and oxygen atoms in total. The molecule has 1 aliphatic rings. The number of hydrogen-bond donors (Lipinski definition) is 1. The van der Waals surface area contributed by atoms with Crippen LogP contribution in [0.3, 0.4) is 0 Å². The summed E-state index contributed by atoms with van der Waals surface area (Å²) in [6.07, 6.45) is 2.21. The highest BCUT2D eigenvalue weighted by molar-refractivity contribution is 8.00. The molecule has 1 unspecified atom stereocenters. The van der Waals surface area contributed by atoms with E-state index in [1.165, 1.54) is 11.8 Å². The van der Waals surface area contributed by atoms with Gasteiger partial charge in [-0.05, 0) is 32.0 Å². The molecule has 0 aliphatic carbocycles. The van der Waals surface area contributed by atoms with E-state index in [4.69, 9.17) is 11.6 Å². The summed E-state index contributed by atoms with van der Waals surface area (Å²) >= 11 is 7.61. The van der Waals surface area contributed by atoms with Crippen molar-refractivity contribution >= 4 is 41.7 Å². The van der Waals surface area contributed by atoms with Gasteiger partial charge in [-0.15, -0.1) is 24.2 Å². The van der Waals surface area contributed by atoms with E-state index in [0.717, 1.165) is 30.8 Å². The summed E-state index contributed by atoms with van der Waals surface area (Å²) in [5.74, 6) is 0.673. The van der Waals surface area contributed by atoms with Gasteiger partial charge in [-0.25, -0.2) is 0 Å². The highest BCUT2D eigenvalue weighted by Crippen LogP contribution is 2.27. The van der Waals surface area contributed by atoms with E-state index in [2.05, 4.69) is 5.32 Å². The lowest BCUT2D eigenvalue weighted by molar-refractivity contribution is -0.129. The third-order valence-electron chi connectivity index (χ3n) is 3.33. The molecule has 6 heteroatoms. The van der Waals surface area contributed by atoms with E-state index >= 15 is 0 Å². The quantitative estimate of drug-likeness (QED) is 0.840. The number of likely N-dealkylation sites (tertiary alicyclic amines) is 1.